The minimum atomic E-state index is -0.636. The minimum absolute atomic E-state index is 0.0468. The molecule has 1 aromatic carbocycles. The lowest BCUT2D eigenvalue weighted by molar-refractivity contribution is -0.155. The van der Waals surface area contributed by atoms with E-state index in [1.165, 1.54) is 6.92 Å². The molecule has 3 rings (SSSR count). The van der Waals surface area contributed by atoms with Crippen LogP contribution in [0.25, 0.3) is 0 Å². The zero-order chi connectivity index (χ0) is 18.9. The average molecular weight is 376 g/mol. The lowest BCUT2D eigenvalue weighted by Gasteiger charge is -2.29. The summed E-state index contributed by atoms with van der Waals surface area (Å²) in [6.45, 7) is 2.99. The van der Waals surface area contributed by atoms with Gasteiger partial charge in [-0.1, -0.05) is 0 Å². The normalized spacial score (nSPS) is 24.3. The Hall–Kier alpha value is -2.35. The number of thioether (sulfide) groups is 1. The number of nitrogens with one attached hydrogen (secondary N) is 1. The standard InChI is InChI=1S/C18H20N2O5S/c1-11(21)12-3-5-13(6-4-12)19-15(22)9-25-17(24)14-10-26-18(2)8-7-16(23)20(14)18/h3-6,14H,7-10H2,1-2H3,(H,19,22)/t14-,18-/m1/s1. The number of ketones is 1. The summed E-state index contributed by atoms with van der Waals surface area (Å²) >= 11 is 1.57. The minimum Gasteiger partial charge on any atom is -0.454 e. The number of ether oxygens (including phenoxy) is 1. The van der Waals surface area contributed by atoms with E-state index in [4.69, 9.17) is 4.74 Å². The van der Waals surface area contributed by atoms with Crippen LogP contribution < -0.4 is 5.32 Å². The van der Waals surface area contributed by atoms with Crippen LogP contribution in [0.3, 0.4) is 0 Å². The first-order valence-corrected chi connectivity index (χ1v) is 9.32. The molecule has 2 aliphatic heterocycles. The average Bonchev–Trinajstić information content (AvgIpc) is 3.09. The van der Waals surface area contributed by atoms with E-state index < -0.39 is 24.5 Å². The Morgan fingerprint density at radius 2 is 2.00 bits per heavy atom. The number of anilines is 1. The fourth-order valence-corrected chi connectivity index (χ4v) is 4.63. The lowest BCUT2D eigenvalue weighted by Crippen LogP contribution is -2.47. The van der Waals surface area contributed by atoms with Crippen LogP contribution in [0.1, 0.15) is 37.0 Å². The number of hydrogen-bond donors (Lipinski definition) is 1. The maximum absolute atomic E-state index is 12.3. The molecule has 2 atom stereocenters. The molecule has 2 saturated heterocycles. The summed E-state index contributed by atoms with van der Waals surface area (Å²) in [5, 5.41) is 2.60. The Kier molecular flexibility index (Phi) is 5.04. The molecule has 0 aromatic heterocycles. The fourth-order valence-electron chi connectivity index (χ4n) is 3.21. The van der Waals surface area contributed by atoms with Crippen LogP contribution in [0, 0.1) is 0 Å². The second-order valence-corrected chi connectivity index (χ2v) is 8.06. The third kappa shape index (κ3) is 3.60. The van der Waals surface area contributed by atoms with Gasteiger partial charge < -0.3 is 15.0 Å². The van der Waals surface area contributed by atoms with Crippen molar-refractivity contribution in [2.24, 2.45) is 0 Å². The van der Waals surface area contributed by atoms with Gasteiger partial charge in [0.1, 0.15) is 6.04 Å². The zero-order valence-electron chi connectivity index (χ0n) is 14.6. The molecule has 8 heteroatoms. The molecule has 1 aromatic rings. The molecular formula is C18H20N2O5S. The van der Waals surface area contributed by atoms with Gasteiger partial charge in [0.25, 0.3) is 5.91 Å². The van der Waals surface area contributed by atoms with E-state index in [0.29, 0.717) is 23.4 Å². The summed E-state index contributed by atoms with van der Waals surface area (Å²) in [5.74, 6) is -0.660. The number of carbonyl (C=O) groups excluding carboxylic acids is 4. The van der Waals surface area contributed by atoms with Crippen LogP contribution in [-0.2, 0) is 19.1 Å². The molecule has 2 amide bonds. The number of amides is 2. The number of esters is 1. The summed E-state index contributed by atoms with van der Waals surface area (Å²) < 4.78 is 5.11. The van der Waals surface area contributed by atoms with E-state index in [9.17, 15) is 19.2 Å². The maximum Gasteiger partial charge on any atom is 0.330 e. The van der Waals surface area contributed by atoms with E-state index >= 15 is 0 Å². The van der Waals surface area contributed by atoms with Gasteiger partial charge in [-0.15, -0.1) is 11.8 Å². The van der Waals surface area contributed by atoms with Gasteiger partial charge in [-0.25, -0.2) is 4.79 Å². The van der Waals surface area contributed by atoms with Gasteiger partial charge in [0.05, 0.1) is 4.87 Å². The fraction of sp³-hybridized carbons (Fsp3) is 0.444. The third-order valence-corrected chi connectivity index (χ3v) is 6.14. The van der Waals surface area contributed by atoms with Crippen LogP contribution in [0.15, 0.2) is 24.3 Å². The monoisotopic (exact) mass is 376 g/mol. The lowest BCUT2D eigenvalue weighted by atomic mass is 10.1. The van der Waals surface area contributed by atoms with Crippen LogP contribution in [0.2, 0.25) is 0 Å². The Balaban J connectivity index is 1.52. The maximum atomic E-state index is 12.3. The van der Waals surface area contributed by atoms with Crippen molar-refractivity contribution < 1.29 is 23.9 Å². The molecule has 0 saturated carbocycles. The molecule has 0 aliphatic carbocycles. The number of carbonyl (C=O) groups is 4. The molecule has 1 N–H and O–H groups in total. The second-order valence-electron chi connectivity index (χ2n) is 6.55. The molecule has 0 spiro atoms. The predicted molar refractivity (Wildman–Crippen MR) is 96.8 cm³/mol. The Labute approximate surface area is 155 Å². The van der Waals surface area contributed by atoms with E-state index in [2.05, 4.69) is 5.32 Å². The van der Waals surface area contributed by atoms with Gasteiger partial charge in [-0.05, 0) is 44.5 Å². The van der Waals surface area contributed by atoms with Gasteiger partial charge in [-0.3, -0.25) is 14.4 Å². The summed E-state index contributed by atoms with van der Waals surface area (Å²) in [6, 6.07) is 5.80. The first-order valence-electron chi connectivity index (χ1n) is 8.34. The van der Waals surface area contributed by atoms with Crippen molar-refractivity contribution in [3.8, 4) is 0 Å². The van der Waals surface area contributed by atoms with Gasteiger partial charge in [0.2, 0.25) is 5.91 Å². The van der Waals surface area contributed by atoms with Gasteiger partial charge in [0.15, 0.2) is 12.4 Å². The van der Waals surface area contributed by atoms with Gasteiger partial charge >= 0.3 is 5.97 Å². The van der Waals surface area contributed by atoms with E-state index in [1.807, 2.05) is 6.92 Å². The van der Waals surface area contributed by atoms with Crippen LogP contribution in [0.4, 0.5) is 5.69 Å². The zero-order valence-corrected chi connectivity index (χ0v) is 15.4. The summed E-state index contributed by atoms with van der Waals surface area (Å²) in [6.07, 6.45) is 1.15. The molecule has 138 valence electrons. The van der Waals surface area contributed by atoms with Crippen LogP contribution in [0.5, 0.6) is 0 Å². The van der Waals surface area contributed by atoms with E-state index in [1.54, 1.807) is 40.9 Å². The molecule has 2 aliphatic rings. The predicted octanol–water partition coefficient (Wildman–Crippen LogP) is 1.82. The molecule has 7 nitrogen and oxygen atoms in total. The SMILES string of the molecule is CC(=O)c1ccc(NC(=O)COC(=O)[C@H]2CS[C@]3(C)CCC(=O)N23)cc1. The molecule has 0 unspecified atom stereocenters. The number of Topliss-reactive ketones (excluding diaryl/α,β-unsaturated/α-hetero) is 1. The first kappa shape index (κ1) is 18.4. The quantitative estimate of drug-likeness (QED) is 0.622. The van der Waals surface area contributed by atoms with E-state index in [0.717, 1.165) is 6.42 Å². The number of fused-ring (bicyclic) bond motifs is 1. The number of nitrogens with zero attached hydrogens (tertiary/aromatic N) is 1. The first-order chi connectivity index (χ1) is 12.3. The Morgan fingerprint density at radius 3 is 2.65 bits per heavy atom. The second kappa shape index (κ2) is 7.11. The Morgan fingerprint density at radius 1 is 1.31 bits per heavy atom. The number of hydrogen-bond acceptors (Lipinski definition) is 6. The van der Waals surface area contributed by atoms with Crippen molar-refractivity contribution in [3.05, 3.63) is 29.8 Å². The molecule has 26 heavy (non-hydrogen) atoms. The van der Waals surface area contributed by atoms with Crippen molar-refractivity contribution in [2.75, 3.05) is 17.7 Å². The third-order valence-electron chi connectivity index (χ3n) is 4.64. The number of benzene rings is 1. The highest BCUT2D eigenvalue weighted by Gasteiger charge is 2.53. The highest BCUT2D eigenvalue weighted by molar-refractivity contribution is 8.01. The largest absolute Gasteiger partial charge is 0.454 e. The number of rotatable bonds is 5. The van der Waals surface area contributed by atoms with Crippen molar-refractivity contribution in [1.29, 1.82) is 0 Å². The summed E-state index contributed by atoms with van der Waals surface area (Å²) in [7, 11) is 0. The molecule has 0 bridgehead atoms. The molecule has 2 heterocycles. The van der Waals surface area contributed by atoms with Crippen LogP contribution >= 0.6 is 11.8 Å². The summed E-state index contributed by atoms with van der Waals surface area (Å²) in [4.78, 5) is 48.8. The summed E-state index contributed by atoms with van der Waals surface area (Å²) in [5.41, 5.74) is 1.06. The molecule has 0 radical (unpaired) electrons. The van der Waals surface area contributed by atoms with Crippen LogP contribution in [-0.4, -0.2) is 51.7 Å². The Bertz CT molecular complexity index is 763. The van der Waals surface area contributed by atoms with Crippen molar-refractivity contribution in [3.63, 3.8) is 0 Å². The topological polar surface area (TPSA) is 92.8 Å². The van der Waals surface area contributed by atoms with Crippen molar-refractivity contribution in [2.45, 2.75) is 37.6 Å². The smallest absolute Gasteiger partial charge is 0.330 e. The highest BCUT2D eigenvalue weighted by Crippen LogP contribution is 2.47. The van der Waals surface area contributed by atoms with E-state index in [-0.39, 0.29) is 16.6 Å². The van der Waals surface area contributed by atoms with Crippen molar-refractivity contribution in [1.82, 2.24) is 4.90 Å². The van der Waals surface area contributed by atoms with Gasteiger partial charge in [0, 0.05) is 23.4 Å². The molecular weight excluding hydrogens is 356 g/mol. The molecule has 2 fully saturated rings. The van der Waals surface area contributed by atoms with Gasteiger partial charge in [-0.2, -0.15) is 0 Å². The highest BCUT2D eigenvalue weighted by atomic mass is 32.2. The van der Waals surface area contributed by atoms with Crippen molar-refractivity contribution >= 4 is 41.0 Å².